The summed E-state index contributed by atoms with van der Waals surface area (Å²) < 4.78 is 0.805. The van der Waals surface area contributed by atoms with Gasteiger partial charge in [0.15, 0.2) is 0 Å². The van der Waals surface area contributed by atoms with Gasteiger partial charge in [0.05, 0.1) is 17.5 Å². The number of thiophene rings is 1. The van der Waals surface area contributed by atoms with Crippen LogP contribution in [0.4, 0.5) is 5.69 Å². The molecule has 0 aliphatic heterocycles. The Bertz CT molecular complexity index is 556. The van der Waals surface area contributed by atoms with Crippen LogP contribution in [0.25, 0.3) is 0 Å². The molecule has 102 valence electrons. The van der Waals surface area contributed by atoms with Crippen molar-refractivity contribution in [2.75, 3.05) is 11.4 Å². The van der Waals surface area contributed by atoms with Crippen LogP contribution in [0.3, 0.4) is 0 Å². The molecule has 5 heteroatoms. The van der Waals surface area contributed by atoms with E-state index in [4.69, 9.17) is 28.3 Å². The molecule has 1 aromatic heterocycles. The van der Waals surface area contributed by atoms with Gasteiger partial charge in [-0.25, -0.2) is 0 Å². The van der Waals surface area contributed by atoms with Gasteiger partial charge < -0.3 is 10.0 Å². The minimum Gasteiger partial charge on any atom is -0.392 e. The van der Waals surface area contributed by atoms with Crippen molar-refractivity contribution in [1.82, 2.24) is 0 Å². The summed E-state index contributed by atoms with van der Waals surface area (Å²) in [5.41, 5.74) is 1.80. The van der Waals surface area contributed by atoms with Crippen molar-refractivity contribution in [3.63, 3.8) is 0 Å². The van der Waals surface area contributed by atoms with E-state index in [0.717, 1.165) is 28.7 Å². The number of aliphatic hydroxyl groups excluding tert-OH is 1. The first-order chi connectivity index (χ1) is 9.13. The topological polar surface area (TPSA) is 23.5 Å². The van der Waals surface area contributed by atoms with Crippen LogP contribution >= 0.6 is 34.5 Å². The number of hydrogen-bond acceptors (Lipinski definition) is 3. The zero-order valence-electron chi connectivity index (χ0n) is 10.6. The van der Waals surface area contributed by atoms with Crippen molar-refractivity contribution in [2.45, 2.75) is 20.1 Å². The summed E-state index contributed by atoms with van der Waals surface area (Å²) in [6.45, 7) is 3.75. The lowest BCUT2D eigenvalue weighted by molar-refractivity contribution is 0.282. The summed E-state index contributed by atoms with van der Waals surface area (Å²) in [6, 6.07) is 9.69. The van der Waals surface area contributed by atoms with E-state index in [-0.39, 0.29) is 6.61 Å². The maximum absolute atomic E-state index is 9.13. The highest BCUT2D eigenvalue weighted by molar-refractivity contribution is 7.16. The summed E-state index contributed by atoms with van der Waals surface area (Å²) in [4.78, 5) is 3.43. The second kappa shape index (κ2) is 6.62. The van der Waals surface area contributed by atoms with E-state index in [1.165, 1.54) is 4.88 Å². The largest absolute Gasteiger partial charge is 0.392 e. The Balaban J connectivity index is 2.19. The molecule has 0 saturated heterocycles. The van der Waals surface area contributed by atoms with E-state index in [0.29, 0.717) is 5.02 Å². The lowest BCUT2D eigenvalue weighted by Gasteiger charge is -2.23. The van der Waals surface area contributed by atoms with Crippen molar-refractivity contribution in [1.29, 1.82) is 0 Å². The fourth-order valence-electron chi connectivity index (χ4n) is 1.87. The van der Waals surface area contributed by atoms with E-state index in [1.807, 2.05) is 30.3 Å². The van der Waals surface area contributed by atoms with Crippen LogP contribution in [0.2, 0.25) is 9.36 Å². The summed E-state index contributed by atoms with van der Waals surface area (Å²) in [6.07, 6.45) is 0. The highest BCUT2D eigenvalue weighted by Gasteiger charge is 2.09. The highest BCUT2D eigenvalue weighted by atomic mass is 35.5. The first-order valence-corrected chi connectivity index (χ1v) is 7.59. The molecular formula is C14H15Cl2NOS. The molecule has 2 aromatic rings. The molecular weight excluding hydrogens is 301 g/mol. The lowest BCUT2D eigenvalue weighted by atomic mass is 10.2. The Morgan fingerprint density at radius 1 is 1.21 bits per heavy atom. The second-order valence-corrected chi connectivity index (χ2v) is 6.36. The standard InChI is InChI=1S/C14H15Cl2NOS/c1-2-17(8-12-5-6-14(16)19-12)11-4-3-10(9-18)13(15)7-11/h3-7,18H,2,8-9H2,1H3. The molecule has 0 aliphatic rings. The third-order valence-electron chi connectivity index (χ3n) is 2.93. The Labute approximate surface area is 127 Å². The summed E-state index contributed by atoms with van der Waals surface area (Å²) >= 11 is 13.7. The molecule has 1 heterocycles. The maximum Gasteiger partial charge on any atom is 0.0931 e. The maximum atomic E-state index is 9.13. The summed E-state index contributed by atoms with van der Waals surface area (Å²) in [5, 5.41) is 9.73. The van der Waals surface area contributed by atoms with E-state index in [9.17, 15) is 0 Å². The molecule has 0 bridgehead atoms. The molecule has 0 saturated carbocycles. The molecule has 0 spiro atoms. The smallest absolute Gasteiger partial charge is 0.0931 e. The molecule has 0 atom stereocenters. The van der Waals surface area contributed by atoms with Gasteiger partial charge in [-0.1, -0.05) is 29.3 Å². The third kappa shape index (κ3) is 3.63. The normalized spacial score (nSPS) is 10.7. The van der Waals surface area contributed by atoms with Crippen molar-refractivity contribution in [3.05, 3.63) is 50.1 Å². The quantitative estimate of drug-likeness (QED) is 0.873. The second-order valence-electron chi connectivity index (χ2n) is 4.15. The summed E-state index contributed by atoms with van der Waals surface area (Å²) in [5.74, 6) is 0. The van der Waals surface area contributed by atoms with Gasteiger partial charge in [-0.15, -0.1) is 11.3 Å². The molecule has 0 fully saturated rings. The van der Waals surface area contributed by atoms with Crippen LogP contribution in [0.15, 0.2) is 30.3 Å². The van der Waals surface area contributed by atoms with E-state index in [2.05, 4.69) is 11.8 Å². The van der Waals surface area contributed by atoms with Gasteiger partial charge in [0.25, 0.3) is 0 Å². The van der Waals surface area contributed by atoms with Crippen LogP contribution < -0.4 is 4.90 Å². The SMILES string of the molecule is CCN(Cc1ccc(Cl)s1)c1ccc(CO)c(Cl)c1. The minimum atomic E-state index is -0.0359. The number of halogens is 2. The Morgan fingerprint density at radius 2 is 2.00 bits per heavy atom. The Kier molecular flexibility index (Phi) is 5.11. The molecule has 2 rings (SSSR count). The van der Waals surface area contributed by atoms with Crippen LogP contribution in [0.5, 0.6) is 0 Å². The van der Waals surface area contributed by atoms with Gasteiger partial charge in [0.2, 0.25) is 0 Å². The first-order valence-electron chi connectivity index (χ1n) is 6.02. The highest BCUT2D eigenvalue weighted by Crippen LogP contribution is 2.27. The third-order valence-corrected chi connectivity index (χ3v) is 4.50. The summed E-state index contributed by atoms with van der Waals surface area (Å²) in [7, 11) is 0. The van der Waals surface area contributed by atoms with Crippen LogP contribution in [0.1, 0.15) is 17.4 Å². The first kappa shape index (κ1) is 14.7. The molecule has 1 aromatic carbocycles. The van der Waals surface area contributed by atoms with Gasteiger partial charge >= 0.3 is 0 Å². The average Bonchev–Trinajstić information content (AvgIpc) is 2.81. The number of anilines is 1. The number of benzene rings is 1. The zero-order valence-corrected chi connectivity index (χ0v) is 12.9. The Morgan fingerprint density at radius 3 is 2.53 bits per heavy atom. The fourth-order valence-corrected chi connectivity index (χ4v) is 3.21. The van der Waals surface area contributed by atoms with Crippen molar-refractivity contribution < 1.29 is 5.11 Å². The van der Waals surface area contributed by atoms with Gasteiger partial charge in [-0.2, -0.15) is 0 Å². The van der Waals surface area contributed by atoms with E-state index < -0.39 is 0 Å². The fraction of sp³-hybridized carbons (Fsp3) is 0.286. The number of aliphatic hydroxyl groups is 1. The lowest BCUT2D eigenvalue weighted by Crippen LogP contribution is -2.21. The number of nitrogens with zero attached hydrogens (tertiary/aromatic N) is 1. The van der Waals surface area contributed by atoms with Gasteiger partial charge in [0, 0.05) is 22.1 Å². The predicted molar refractivity (Wildman–Crippen MR) is 83.4 cm³/mol. The molecule has 0 aliphatic carbocycles. The molecule has 0 amide bonds. The minimum absolute atomic E-state index is 0.0359. The average molecular weight is 316 g/mol. The van der Waals surface area contributed by atoms with Crippen molar-refractivity contribution in [2.24, 2.45) is 0 Å². The van der Waals surface area contributed by atoms with Crippen LogP contribution in [-0.4, -0.2) is 11.7 Å². The van der Waals surface area contributed by atoms with Crippen molar-refractivity contribution >= 4 is 40.2 Å². The van der Waals surface area contributed by atoms with Gasteiger partial charge in [-0.3, -0.25) is 0 Å². The number of rotatable bonds is 5. The molecule has 0 unspecified atom stereocenters. The van der Waals surface area contributed by atoms with Crippen LogP contribution in [-0.2, 0) is 13.2 Å². The van der Waals surface area contributed by atoms with Gasteiger partial charge in [0.1, 0.15) is 0 Å². The van der Waals surface area contributed by atoms with Gasteiger partial charge in [-0.05, 0) is 36.8 Å². The molecule has 2 nitrogen and oxygen atoms in total. The van der Waals surface area contributed by atoms with E-state index in [1.54, 1.807) is 11.3 Å². The monoisotopic (exact) mass is 315 g/mol. The zero-order chi connectivity index (χ0) is 13.8. The van der Waals surface area contributed by atoms with Crippen molar-refractivity contribution in [3.8, 4) is 0 Å². The molecule has 0 radical (unpaired) electrons. The van der Waals surface area contributed by atoms with Crippen LogP contribution in [0, 0.1) is 0 Å². The number of hydrogen-bond donors (Lipinski definition) is 1. The van der Waals surface area contributed by atoms with E-state index >= 15 is 0 Å². The molecule has 19 heavy (non-hydrogen) atoms. The molecule has 1 N–H and O–H groups in total. The Hall–Kier alpha value is -0.740. The predicted octanol–water partition coefficient (Wildman–Crippen LogP) is 4.57.